The molecular formula is C38H32BrNO. The van der Waals surface area contributed by atoms with Gasteiger partial charge >= 0.3 is 0 Å². The van der Waals surface area contributed by atoms with Crippen LogP contribution in [-0.4, -0.2) is 11.4 Å². The molecular weight excluding hydrogens is 566 g/mol. The Kier molecular flexibility index (Phi) is 7.01. The van der Waals surface area contributed by atoms with Gasteiger partial charge in [-0.1, -0.05) is 119 Å². The summed E-state index contributed by atoms with van der Waals surface area (Å²) in [7, 11) is 0. The summed E-state index contributed by atoms with van der Waals surface area (Å²) in [6, 6.07) is 46.4. The second kappa shape index (κ2) is 10.6. The molecule has 3 heteroatoms. The van der Waals surface area contributed by atoms with Crippen molar-refractivity contribution >= 4 is 33.1 Å². The van der Waals surface area contributed by atoms with Crippen LogP contribution in [0.5, 0.6) is 0 Å². The van der Waals surface area contributed by atoms with Crippen LogP contribution in [-0.2, 0) is 5.41 Å². The summed E-state index contributed by atoms with van der Waals surface area (Å²) in [5.41, 5.74) is 7.52. The first-order valence-electron chi connectivity index (χ1n) is 13.9. The molecule has 202 valence electrons. The number of halogens is 1. The monoisotopic (exact) mass is 597 g/mol. The quantitative estimate of drug-likeness (QED) is 0.185. The third-order valence-corrected chi connectivity index (χ3v) is 8.68. The highest BCUT2D eigenvalue weighted by Gasteiger charge is 2.41. The van der Waals surface area contributed by atoms with E-state index < -0.39 is 11.0 Å². The van der Waals surface area contributed by atoms with E-state index in [0.717, 1.165) is 26.9 Å². The molecule has 1 aliphatic rings. The zero-order valence-electron chi connectivity index (χ0n) is 23.5. The Labute approximate surface area is 251 Å². The smallest absolute Gasteiger partial charge is 0.259 e. The van der Waals surface area contributed by atoms with Gasteiger partial charge in [0.15, 0.2) is 0 Å². The number of benzene rings is 5. The Hall–Kier alpha value is -4.21. The first-order chi connectivity index (χ1) is 19.8. The van der Waals surface area contributed by atoms with E-state index in [0.29, 0.717) is 5.56 Å². The molecule has 0 aliphatic carbocycles. The molecule has 0 saturated carbocycles. The van der Waals surface area contributed by atoms with E-state index in [1.165, 1.54) is 16.7 Å². The van der Waals surface area contributed by atoms with Gasteiger partial charge in [-0.15, -0.1) is 0 Å². The fraction of sp³-hybridized carbons (Fsp3) is 0.132. The number of allylic oxidation sites excluding steroid dienone is 1. The van der Waals surface area contributed by atoms with Gasteiger partial charge in [-0.05, 0) is 85.0 Å². The van der Waals surface area contributed by atoms with Gasteiger partial charge in [-0.25, -0.2) is 0 Å². The molecule has 6 rings (SSSR count). The third-order valence-electron chi connectivity index (χ3n) is 8.16. The van der Waals surface area contributed by atoms with Gasteiger partial charge in [0.1, 0.15) is 0 Å². The van der Waals surface area contributed by atoms with Crippen LogP contribution < -0.4 is 4.90 Å². The molecule has 0 atom stereocenters. The van der Waals surface area contributed by atoms with Gasteiger partial charge in [-0.2, -0.15) is 0 Å². The number of amides is 1. The van der Waals surface area contributed by atoms with Gasteiger partial charge in [0, 0.05) is 15.6 Å². The highest BCUT2D eigenvalue weighted by Crippen LogP contribution is 2.48. The Morgan fingerprint density at radius 1 is 0.659 bits per heavy atom. The van der Waals surface area contributed by atoms with E-state index in [2.05, 4.69) is 152 Å². The lowest BCUT2D eigenvalue weighted by Crippen LogP contribution is -2.49. The molecule has 0 fully saturated rings. The summed E-state index contributed by atoms with van der Waals surface area (Å²) in [4.78, 5) is 16.0. The standard InChI is InChI=1S/C38H32BrNO/c1-27-26-37(2,3)40(36(41)28-19-22-33(39)23-20-28)35-24-21-32(25-34(27)35)38(29-13-7-4-8-14-29,30-15-9-5-10-16-30)31-17-11-6-12-18-31/h4-26H,1-3H3. The maximum absolute atomic E-state index is 14.0. The molecule has 1 aliphatic heterocycles. The van der Waals surface area contributed by atoms with Crippen LogP contribution in [0.1, 0.15) is 58.9 Å². The fourth-order valence-electron chi connectivity index (χ4n) is 6.42. The molecule has 5 aromatic rings. The molecule has 0 spiro atoms. The van der Waals surface area contributed by atoms with Gasteiger partial charge in [0.2, 0.25) is 0 Å². The molecule has 0 saturated heterocycles. The summed E-state index contributed by atoms with van der Waals surface area (Å²) in [5, 5.41) is 0. The first kappa shape index (κ1) is 27.0. The predicted octanol–water partition coefficient (Wildman–Crippen LogP) is 9.67. The molecule has 1 amide bonds. The topological polar surface area (TPSA) is 20.3 Å². The van der Waals surface area contributed by atoms with E-state index in [-0.39, 0.29) is 5.91 Å². The van der Waals surface area contributed by atoms with Crippen LogP contribution in [0.4, 0.5) is 5.69 Å². The molecule has 41 heavy (non-hydrogen) atoms. The van der Waals surface area contributed by atoms with Crippen LogP contribution in [0.25, 0.3) is 5.57 Å². The maximum Gasteiger partial charge on any atom is 0.259 e. The van der Waals surface area contributed by atoms with Crippen LogP contribution in [0.15, 0.2) is 144 Å². The summed E-state index contributed by atoms with van der Waals surface area (Å²) in [6.07, 6.45) is 2.21. The Balaban J connectivity index is 1.61. The highest BCUT2D eigenvalue weighted by molar-refractivity contribution is 9.10. The van der Waals surface area contributed by atoms with Crippen molar-refractivity contribution in [2.75, 3.05) is 4.90 Å². The van der Waals surface area contributed by atoms with E-state index in [4.69, 9.17) is 0 Å². The van der Waals surface area contributed by atoms with E-state index in [9.17, 15) is 4.79 Å². The SMILES string of the molecule is CC1=CC(C)(C)N(C(=O)c2ccc(Br)cc2)c2ccc(C(c3ccccc3)(c3ccccc3)c3ccccc3)cc21. The lowest BCUT2D eigenvalue weighted by atomic mass is 9.64. The molecule has 1 heterocycles. The van der Waals surface area contributed by atoms with E-state index in [1.54, 1.807) is 0 Å². The molecule has 0 radical (unpaired) electrons. The minimum absolute atomic E-state index is 0.0132. The number of rotatable bonds is 5. The Morgan fingerprint density at radius 3 is 1.63 bits per heavy atom. The average Bonchev–Trinajstić information content (AvgIpc) is 2.99. The summed E-state index contributed by atoms with van der Waals surface area (Å²) in [5.74, 6) is -0.0132. The van der Waals surface area contributed by atoms with E-state index in [1.807, 2.05) is 29.2 Å². The summed E-state index contributed by atoms with van der Waals surface area (Å²) >= 11 is 3.50. The van der Waals surface area contributed by atoms with Crippen LogP contribution in [0, 0.1) is 0 Å². The van der Waals surface area contributed by atoms with Crippen molar-refractivity contribution in [2.45, 2.75) is 31.7 Å². The highest BCUT2D eigenvalue weighted by atomic mass is 79.9. The van der Waals surface area contributed by atoms with Gasteiger partial charge in [0.05, 0.1) is 16.6 Å². The molecule has 0 unspecified atom stereocenters. The van der Waals surface area contributed by atoms with Crippen molar-refractivity contribution in [1.29, 1.82) is 0 Å². The van der Waals surface area contributed by atoms with Crippen LogP contribution >= 0.6 is 15.9 Å². The number of carbonyl (C=O) groups is 1. The van der Waals surface area contributed by atoms with Crippen molar-refractivity contribution < 1.29 is 4.79 Å². The number of carbonyl (C=O) groups excluding carboxylic acids is 1. The molecule has 5 aromatic carbocycles. The van der Waals surface area contributed by atoms with Crippen molar-refractivity contribution in [2.24, 2.45) is 0 Å². The van der Waals surface area contributed by atoms with Gasteiger partial charge < -0.3 is 0 Å². The number of hydrogen-bond acceptors (Lipinski definition) is 1. The average molecular weight is 599 g/mol. The van der Waals surface area contributed by atoms with Crippen molar-refractivity contribution in [3.8, 4) is 0 Å². The van der Waals surface area contributed by atoms with Crippen LogP contribution in [0.3, 0.4) is 0 Å². The van der Waals surface area contributed by atoms with Crippen molar-refractivity contribution in [3.05, 3.63) is 177 Å². The second-order valence-electron chi connectivity index (χ2n) is 11.2. The Bertz CT molecular complexity index is 1630. The Morgan fingerprint density at radius 2 is 1.15 bits per heavy atom. The normalized spacial score (nSPS) is 14.2. The summed E-state index contributed by atoms with van der Waals surface area (Å²) < 4.78 is 0.951. The number of fused-ring (bicyclic) bond motifs is 1. The number of nitrogens with zero attached hydrogens (tertiary/aromatic N) is 1. The zero-order valence-corrected chi connectivity index (χ0v) is 25.1. The predicted molar refractivity (Wildman–Crippen MR) is 173 cm³/mol. The van der Waals surface area contributed by atoms with Gasteiger partial charge in [-0.3, -0.25) is 9.69 Å². The largest absolute Gasteiger partial charge is 0.299 e. The second-order valence-corrected chi connectivity index (χ2v) is 12.1. The molecule has 0 bridgehead atoms. The number of hydrogen-bond donors (Lipinski definition) is 0. The maximum atomic E-state index is 14.0. The molecule has 2 nitrogen and oxygen atoms in total. The van der Waals surface area contributed by atoms with Crippen molar-refractivity contribution in [1.82, 2.24) is 0 Å². The molecule has 0 aromatic heterocycles. The van der Waals surface area contributed by atoms with Gasteiger partial charge in [0.25, 0.3) is 5.91 Å². The minimum Gasteiger partial charge on any atom is -0.299 e. The minimum atomic E-state index is -0.549. The third kappa shape index (κ3) is 4.65. The first-order valence-corrected chi connectivity index (χ1v) is 14.7. The zero-order chi connectivity index (χ0) is 28.6. The fourth-order valence-corrected chi connectivity index (χ4v) is 6.68. The van der Waals surface area contributed by atoms with Crippen molar-refractivity contribution in [3.63, 3.8) is 0 Å². The van der Waals surface area contributed by atoms with E-state index >= 15 is 0 Å². The lowest BCUT2D eigenvalue weighted by molar-refractivity contribution is 0.0970. The van der Waals surface area contributed by atoms with Crippen LogP contribution in [0.2, 0.25) is 0 Å². The summed E-state index contributed by atoms with van der Waals surface area (Å²) in [6.45, 7) is 6.36. The molecule has 0 N–H and O–H groups in total. The number of anilines is 1. The lowest BCUT2D eigenvalue weighted by Gasteiger charge is -2.43.